The Kier molecular flexibility index (Phi) is 3.25. The van der Waals surface area contributed by atoms with Gasteiger partial charge < -0.3 is 13.7 Å². The third-order valence-electron chi connectivity index (χ3n) is 3.49. The highest BCUT2D eigenvalue weighted by atomic mass is 16.5. The van der Waals surface area contributed by atoms with Crippen molar-refractivity contribution in [3.63, 3.8) is 0 Å². The topological polar surface area (TPSA) is 83.0 Å². The second kappa shape index (κ2) is 5.07. The molecule has 2 aromatic heterocycles. The number of hydrogen-bond acceptors (Lipinski definition) is 6. The zero-order valence-electron chi connectivity index (χ0n) is 11.5. The molecule has 1 atom stereocenters. The van der Waals surface area contributed by atoms with E-state index in [1.54, 1.807) is 6.92 Å². The summed E-state index contributed by atoms with van der Waals surface area (Å²) in [4.78, 5) is 16.2. The molecule has 7 heteroatoms. The number of oxazole rings is 1. The Morgan fingerprint density at radius 3 is 3.10 bits per heavy atom. The molecule has 0 saturated carbocycles. The molecule has 0 aromatic carbocycles. The fourth-order valence-corrected chi connectivity index (χ4v) is 2.54. The molecule has 1 aliphatic heterocycles. The first kappa shape index (κ1) is 12.8. The van der Waals surface area contributed by atoms with Gasteiger partial charge >= 0.3 is 5.97 Å². The zero-order valence-corrected chi connectivity index (χ0v) is 11.5. The maximum atomic E-state index is 12.0. The Morgan fingerprint density at radius 2 is 2.40 bits per heavy atom. The molecule has 3 rings (SSSR count). The molecule has 1 aliphatic rings. The van der Waals surface area contributed by atoms with Crippen LogP contribution in [-0.2, 0) is 16.1 Å². The largest absolute Gasteiger partial charge is 0.465 e. The van der Waals surface area contributed by atoms with E-state index in [0.717, 1.165) is 19.4 Å². The SMILES string of the molecule is CCOC(=O)C1CCCn2c(-c3ncoc3C)nnc21. The van der Waals surface area contributed by atoms with Gasteiger partial charge in [-0.05, 0) is 26.7 Å². The van der Waals surface area contributed by atoms with E-state index in [9.17, 15) is 4.79 Å². The first-order valence-electron chi connectivity index (χ1n) is 6.72. The highest BCUT2D eigenvalue weighted by Gasteiger charge is 2.32. The van der Waals surface area contributed by atoms with Gasteiger partial charge in [-0.2, -0.15) is 0 Å². The van der Waals surface area contributed by atoms with Crippen molar-refractivity contribution in [1.82, 2.24) is 19.7 Å². The fraction of sp³-hybridized carbons (Fsp3) is 0.538. The van der Waals surface area contributed by atoms with Gasteiger partial charge in [0.05, 0.1) is 6.61 Å². The molecule has 106 valence electrons. The Hall–Kier alpha value is -2.18. The molecule has 20 heavy (non-hydrogen) atoms. The number of aryl methyl sites for hydroxylation is 1. The third-order valence-corrected chi connectivity index (χ3v) is 3.49. The first-order chi connectivity index (χ1) is 9.72. The number of aromatic nitrogens is 4. The molecule has 0 spiro atoms. The molecule has 0 bridgehead atoms. The summed E-state index contributed by atoms with van der Waals surface area (Å²) in [5.41, 5.74) is 0.674. The summed E-state index contributed by atoms with van der Waals surface area (Å²) in [6, 6.07) is 0. The smallest absolute Gasteiger partial charge is 0.316 e. The van der Waals surface area contributed by atoms with E-state index >= 15 is 0 Å². The van der Waals surface area contributed by atoms with E-state index in [4.69, 9.17) is 9.15 Å². The van der Waals surface area contributed by atoms with Crippen molar-refractivity contribution < 1.29 is 13.9 Å². The molecule has 2 aromatic rings. The molecule has 0 saturated heterocycles. The number of ether oxygens (including phenoxy) is 1. The molecule has 0 fully saturated rings. The van der Waals surface area contributed by atoms with Crippen LogP contribution in [0.5, 0.6) is 0 Å². The summed E-state index contributed by atoms with van der Waals surface area (Å²) >= 11 is 0. The third kappa shape index (κ3) is 1.99. The summed E-state index contributed by atoms with van der Waals surface area (Å²) in [7, 11) is 0. The number of carbonyl (C=O) groups is 1. The van der Waals surface area contributed by atoms with E-state index in [1.807, 2.05) is 11.5 Å². The van der Waals surface area contributed by atoms with Gasteiger partial charge in [-0.25, -0.2) is 4.98 Å². The second-order valence-electron chi connectivity index (χ2n) is 4.74. The molecular formula is C13H16N4O3. The minimum Gasteiger partial charge on any atom is -0.465 e. The van der Waals surface area contributed by atoms with Crippen LogP contribution in [0.25, 0.3) is 11.5 Å². The monoisotopic (exact) mass is 276 g/mol. The van der Waals surface area contributed by atoms with E-state index in [2.05, 4.69) is 15.2 Å². The lowest BCUT2D eigenvalue weighted by Gasteiger charge is -2.21. The predicted molar refractivity (Wildman–Crippen MR) is 68.9 cm³/mol. The maximum absolute atomic E-state index is 12.0. The van der Waals surface area contributed by atoms with Crippen LogP contribution in [-0.4, -0.2) is 32.3 Å². The average Bonchev–Trinajstić information content (AvgIpc) is 3.04. The van der Waals surface area contributed by atoms with Crippen LogP contribution in [0.2, 0.25) is 0 Å². The minimum absolute atomic E-state index is 0.232. The lowest BCUT2D eigenvalue weighted by Crippen LogP contribution is -2.24. The summed E-state index contributed by atoms with van der Waals surface area (Å²) in [6.07, 6.45) is 3.02. The Bertz CT molecular complexity index is 631. The molecule has 1 unspecified atom stereocenters. The van der Waals surface area contributed by atoms with Crippen LogP contribution in [0.1, 0.15) is 37.3 Å². The molecule has 0 radical (unpaired) electrons. The normalized spacial score (nSPS) is 17.8. The summed E-state index contributed by atoms with van der Waals surface area (Å²) < 4.78 is 12.3. The van der Waals surface area contributed by atoms with Crippen LogP contribution in [0.4, 0.5) is 0 Å². The van der Waals surface area contributed by atoms with Crippen LogP contribution >= 0.6 is 0 Å². The van der Waals surface area contributed by atoms with Gasteiger partial charge in [-0.3, -0.25) is 4.79 Å². The number of esters is 1. The summed E-state index contributed by atoms with van der Waals surface area (Å²) in [6.45, 7) is 4.78. The molecule has 0 amide bonds. The van der Waals surface area contributed by atoms with Crippen molar-refractivity contribution in [1.29, 1.82) is 0 Å². The molecular weight excluding hydrogens is 260 g/mol. The van der Waals surface area contributed by atoms with Crippen molar-refractivity contribution in [2.75, 3.05) is 6.61 Å². The van der Waals surface area contributed by atoms with Gasteiger partial charge in [0.1, 0.15) is 23.2 Å². The predicted octanol–water partition coefficient (Wildman–Crippen LogP) is 1.68. The number of fused-ring (bicyclic) bond motifs is 1. The van der Waals surface area contributed by atoms with Crippen LogP contribution in [0.15, 0.2) is 10.8 Å². The highest BCUT2D eigenvalue weighted by molar-refractivity contribution is 5.77. The number of rotatable bonds is 3. The lowest BCUT2D eigenvalue weighted by atomic mass is 9.99. The van der Waals surface area contributed by atoms with E-state index in [1.165, 1.54) is 6.39 Å². The quantitative estimate of drug-likeness (QED) is 0.793. The molecule has 7 nitrogen and oxygen atoms in total. The minimum atomic E-state index is -0.336. The highest BCUT2D eigenvalue weighted by Crippen LogP contribution is 2.31. The molecule has 0 aliphatic carbocycles. The van der Waals surface area contributed by atoms with Gasteiger partial charge in [0.2, 0.25) is 0 Å². The van der Waals surface area contributed by atoms with Crippen molar-refractivity contribution in [3.8, 4) is 11.5 Å². The van der Waals surface area contributed by atoms with Gasteiger partial charge in [0.25, 0.3) is 0 Å². The van der Waals surface area contributed by atoms with E-state index < -0.39 is 0 Å². The van der Waals surface area contributed by atoms with Gasteiger partial charge in [0, 0.05) is 6.54 Å². The van der Waals surface area contributed by atoms with Gasteiger partial charge in [-0.15, -0.1) is 10.2 Å². The van der Waals surface area contributed by atoms with E-state index in [-0.39, 0.29) is 11.9 Å². The van der Waals surface area contributed by atoms with Crippen LogP contribution < -0.4 is 0 Å². The Balaban J connectivity index is 1.99. The summed E-state index contributed by atoms with van der Waals surface area (Å²) in [5, 5.41) is 8.35. The van der Waals surface area contributed by atoms with Crippen molar-refractivity contribution in [2.45, 2.75) is 39.2 Å². The van der Waals surface area contributed by atoms with Gasteiger partial charge in [0.15, 0.2) is 12.2 Å². The Morgan fingerprint density at radius 1 is 1.55 bits per heavy atom. The maximum Gasteiger partial charge on any atom is 0.316 e. The number of nitrogens with zero attached hydrogens (tertiary/aromatic N) is 4. The average molecular weight is 276 g/mol. The van der Waals surface area contributed by atoms with Crippen LogP contribution in [0, 0.1) is 6.92 Å². The van der Waals surface area contributed by atoms with Crippen molar-refractivity contribution >= 4 is 5.97 Å². The van der Waals surface area contributed by atoms with Crippen molar-refractivity contribution in [3.05, 3.63) is 18.0 Å². The lowest BCUT2D eigenvalue weighted by molar-refractivity contribution is -0.145. The van der Waals surface area contributed by atoms with Crippen molar-refractivity contribution in [2.24, 2.45) is 0 Å². The van der Waals surface area contributed by atoms with Crippen LogP contribution in [0.3, 0.4) is 0 Å². The second-order valence-corrected chi connectivity index (χ2v) is 4.74. The number of hydrogen-bond donors (Lipinski definition) is 0. The molecule has 0 N–H and O–H groups in total. The summed E-state index contributed by atoms with van der Waals surface area (Å²) in [5.74, 6) is 1.44. The standard InChI is InChI=1S/C13H16N4O3/c1-3-19-13(18)9-5-4-6-17-11(9)15-16-12(17)10-8(2)20-7-14-10/h7,9H,3-6H2,1-2H3. The zero-order chi connectivity index (χ0) is 14.1. The molecule has 3 heterocycles. The fourth-order valence-electron chi connectivity index (χ4n) is 2.54. The Labute approximate surface area is 116 Å². The van der Waals surface area contributed by atoms with Gasteiger partial charge in [-0.1, -0.05) is 0 Å². The van der Waals surface area contributed by atoms with E-state index in [0.29, 0.717) is 29.7 Å². The first-order valence-corrected chi connectivity index (χ1v) is 6.72. The number of carbonyl (C=O) groups excluding carboxylic acids is 1.